The number of fused-ring (bicyclic) bond motifs is 1. The van der Waals surface area contributed by atoms with Crippen LogP contribution in [-0.4, -0.2) is 67.2 Å². The van der Waals surface area contributed by atoms with Gasteiger partial charge in [0.25, 0.3) is 5.91 Å². The first kappa shape index (κ1) is 21.0. The van der Waals surface area contributed by atoms with Gasteiger partial charge in [-0.05, 0) is 44.8 Å². The van der Waals surface area contributed by atoms with Gasteiger partial charge >= 0.3 is 0 Å². The minimum atomic E-state index is -0.0441. The quantitative estimate of drug-likeness (QED) is 0.703. The van der Waals surface area contributed by atoms with Gasteiger partial charge in [-0.25, -0.2) is 9.97 Å². The molecule has 3 heterocycles. The maximum Gasteiger partial charge on any atom is 0.261 e. The lowest BCUT2D eigenvalue weighted by Crippen LogP contribution is -2.39. The lowest BCUT2D eigenvalue weighted by Gasteiger charge is -2.28. The number of nitrogens with zero attached hydrogens (tertiary/aromatic N) is 3. The van der Waals surface area contributed by atoms with E-state index in [0.717, 1.165) is 54.1 Å². The Hall–Kier alpha value is -1.77. The normalized spacial score (nSPS) is 17.4. The van der Waals surface area contributed by atoms with Crippen molar-refractivity contribution in [1.29, 1.82) is 0 Å². The van der Waals surface area contributed by atoms with Gasteiger partial charge in [0.15, 0.2) is 0 Å². The molecular formula is C20H31N5O2S. The molecule has 0 aliphatic carbocycles. The summed E-state index contributed by atoms with van der Waals surface area (Å²) >= 11 is 1.42. The van der Waals surface area contributed by atoms with Gasteiger partial charge in [0.05, 0.1) is 16.4 Å². The van der Waals surface area contributed by atoms with Gasteiger partial charge in [0.2, 0.25) is 0 Å². The van der Waals surface area contributed by atoms with Crippen molar-refractivity contribution in [2.75, 3.05) is 45.7 Å². The monoisotopic (exact) mass is 405 g/mol. The molecule has 28 heavy (non-hydrogen) atoms. The van der Waals surface area contributed by atoms with Crippen LogP contribution in [-0.2, 0) is 4.74 Å². The molecule has 2 aromatic heterocycles. The molecule has 7 nitrogen and oxygen atoms in total. The molecule has 0 bridgehead atoms. The third-order valence-corrected chi connectivity index (χ3v) is 6.12. The Morgan fingerprint density at radius 2 is 2.18 bits per heavy atom. The number of hydrogen-bond acceptors (Lipinski definition) is 7. The number of aryl methyl sites for hydroxylation is 1. The zero-order valence-electron chi connectivity index (χ0n) is 17.5. The number of carbonyl (C=O) groups excluding carboxylic acids is 1. The summed E-state index contributed by atoms with van der Waals surface area (Å²) in [6.07, 6.45) is 3.96. The van der Waals surface area contributed by atoms with Crippen molar-refractivity contribution < 1.29 is 9.53 Å². The smallest absolute Gasteiger partial charge is 0.261 e. The Kier molecular flexibility index (Phi) is 6.52. The predicted octanol–water partition coefficient (Wildman–Crippen LogP) is 2.91. The van der Waals surface area contributed by atoms with Crippen molar-refractivity contribution >= 4 is 33.3 Å². The van der Waals surface area contributed by atoms with E-state index in [2.05, 4.69) is 39.3 Å². The van der Waals surface area contributed by atoms with Crippen LogP contribution in [0, 0.1) is 12.3 Å². The molecule has 2 N–H and O–H groups in total. The van der Waals surface area contributed by atoms with E-state index in [4.69, 9.17) is 4.74 Å². The standard InChI is InChI=1S/C20H31N5O2S/c1-13-15-17(21-9-14-7-6-8-27-14)23-12-24-19(15)28-16(13)18(26)22-10-20(2,3)11-25(4)5/h12,14H,6-11H2,1-5H3,(H,22,26)(H,21,23,24)/t14-/m0/s1. The average Bonchev–Trinajstić information content (AvgIpc) is 3.25. The highest BCUT2D eigenvalue weighted by molar-refractivity contribution is 7.20. The second kappa shape index (κ2) is 8.71. The van der Waals surface area contributed by atoms with E-state index >= 15 is 0 Å². The number of amides is 1. The number of aromatic nitrogens is 2. The molecule has 1 atom stereocenters. The zero-order chi connectivity index (χ0) is 20.3. The number of hydrogen-bond donors (Lipinski definition) is 2. The molecule has 154 valence electrons. The fraction of sp³-hybridized carbons (Fsp3) is 0.650. The summed E-state index contributed by atoms with van der Waals surface area (Å²) in [5.41, 5.74) is 0.927. The van der Waals surface area contributed by atoms with E-state index in [1.54, 1.807) is 6.33 Å². The first-order valence-corrected chi connectivity index (χ1v) is 10.6. The van der Waals surface area contributed by atoms with Crippen LogP contribution in [0.3, 0.4) is 0 Å². The minimum absolute atomic E-state index is 0.00243. The van der Waals surface area contributed by atoms with Gasteiger partial charge in [0.1, 0.15) is 17.0 Å². The second-order valence-corrected chi connectivity index (χ2v) is 9.56. The third-order valence-electron chi connectivity index (χ3n) is 4.93. The molecule has 2 aromatic rings. The van der Waals surface area contributed by atoms with Crippen LogP contribution in [0.1, 0.15) is 41.9 Å². The van der Waals surface area contributed by atoms with Crippen LogP contribution in [0.5, 0.6) is 0 Å². The predicted molar refractivity (Wildman–Crippen MR) is 114 cm³/mol. The molecule has 8 heteroatoms. The first-order chi connectivity index (χ1) is 13.3. The van der Waals surface area contributed by atoms with Crippen LogP contribution in [0.2, 0.25) is 0 Å². The van der Waals surface area contributed by atoms with Gasteiger partial charge in [-0.1, -0.05) is 13.8 Å². The van der Waals surface area contributed by atoms with E-state index < -0.39 is 0 Å². The minimum Gasteiger partial charge on any atom is -0.376 e. The summed E-state index contributed by atoms with van der Waals surface area (Å²) in [6.45, 7) is 9.36. The molecule has 0 radical (unpaired) electrons. The van der Waals surface area contributed by atoms with Crippen LogP contribution in [0.25, 0.3) is 10.2 Å². The van der Waals surface area contributed by atoms with Gasteiger partial charge in [0, 0.05) is 26.2 Å². The van der Waals surface area contributed by atoms with Crippen molar-refractivity contribution in [3.63, 3.8) is 0 Å². The van der Waals surface area contributed by atoms with Crippen molar-refractivity contribution in [2.45, 2.75) is 39.7 Å². The van der Waals surface area contributed by atoms with Gasteiger partial charge in [-0.2, -0.15) is 0 Å². The van der Waals surface area contributed by atoms with Crippen molar-refractivity contribution in [1.82, 2.24) is 20.2 Å². The lowest BCUT2D eigenvalue weighted by molar-refractivity contribution is 0.0933. The number of anilines is 1. The highest BCUT2D eigenvalue weighted by Crippen LogP contribution is 2.33. The maximum absolute atomic E-state index is 12.8. The molecule has 0 aromatic carbocycles. The van der Waals surface area contributed by atoms with E-state index in [1.807, 2.05) is 21.0 Å². The third kappa shape index (κ3) is 4.98. The fourth-order valence-corrected chi connectivity index (χ4v) is 4.81. The highest BCUT2D eigenvalue weighted by atomic mass is 32.1. The molecule has 0 saturated carbocycles. The average molecular weight is 406 g/mol. The topological polar surface area (TPSA) is 79.4 Å². The fourth-order valence-electron chi connectivity index (χ4n) is 3.75. The maximum atomic E-state index is 12.8. The Morgan fingerprint density at radius 1 is 1.39 bits per heavy atom. The van der Waals surface area contributed by atoms with E-state index in [9.17, 15) is 4.79 Å². The Bertz CT molecular complexity index is 827. The summed E-state index contributed by atoms with van der Waals surface area (Å²) in [5.74, 6) is 0.735. The molecular weight excluding hydrogens is 374 g/mol. The molecule has 0 spiro atoms. The largest absolute Gasteiger partial charge is 0.376 e. The molecule has 0 unspecified atom stereocenters. The van der Waals surface area contributed by atoms with E-state index in [-0.39, 0.29) is 17.4 Å². The Morgan fingerprint density at radius 3 is 2.86 bits per heavy atom. The van der Waals surface area contributed by atoms with Gasteiger partial charge in [-0.3, -0.25) is 4.79 Å². The summed E-state index contributed by atoms with van der Waals surface area (Å²) < 4.78 is 5.68. The summed E-state index contributed by atoms with van der Waals surface area (Å²) in [6, 6.07) is 0. The van der Waals surface area contributed by atoms with Crippen molar-refractivity contribution in [3.8, 4) is 0 Å². The summed E-state index contributed by atoms with van der Waals surface area (Å²) in [4.78, 5) is 25.3. The first-order valence-electron chi connectivity index (χ1n) is 9.79. The lowest BCUT2D eigenvalue weighted by atomic mass is 9.93. The van der Waals surface area contributed by atoms with Crippen LogP contribution in [0.4, 0.5) is 5.82 Å². The van der Waals surface area contributed by atoms with Crippen LogP contribution in [0.15, 0.2) is 6.33 Å². The van der Waals surface area contributed by atoms with Crippen molar-refractivity contribution in [3.05, 3.63) is 16.8 Å². The molecule has 1 amide bonds. The number of nitrogens with one attached hydrogen (secondary N) is 2. The Balaban J connectivity index is 1.74. The SMILES string of the molecule is Cc1c(C(=O)NCC(C)(C)CN(C)C)sc2ncnc(NC[C@@H]3CCCO3)c12. The Labute approximate surface area is 170 Å². The van der Waals surface area contributed by atoms with Crippen molar-refractivity contribution in [2.24, 2.45) is 5.41 Å². The molecule has 1 aliphatic rings. The molecule has 1 fully saturated rings. The summed E-state index contributed by atoms with van der Waals surface area (Å²) in [5, 5.41) is 7.43. The van der Waals surface area contributed by atoms with E-state index in [1.165, 1.54) is 11.3 Å². The molecule has 3 rings (SSSR count). The number of carbonyl (C=O) groups is 1. The van der Waals surface area contributed by atoms with Crippen LogP contribution >= 0.6 is 11.3 Å². The molecule has 1 saturated heterocycles. The number of thiophene rings is 1. The van der Waals surface area contributed by atoms with E-state index in [0.29, 0.717) is 11.4 Å². The zero-order valence-corrected chi connectivity index (χ0v) is 18.3. The number of rotatable bonds is 8. The van der Waals surface area contributed by atoms with Gasteiger partial charge < -0.3 is 20.3 Å². The summed E-state index contributed by atoms with van der Waals surface area (Å²) in [7, 11) is 4.09. The molecule has 1 aliphatic heterocycles. The highest BCUT2D eigenvalue weighted by Gasteiger charge is 2.24. The second-order valence-electron chi connectivity index (χ2n) is 8.56. The number of ether oxygens (including phenoxy) is 1. The van der Waals surface area contributed by atoms with Crippen LogP contribution < -0.4 is 10.6 Å². The van der Waals surface area contributed by atoms with Gasteiger partial charge in [-0.15, -0.1) is 11.3 Å².